The van der Waals surface area contributed by atoms with Gasteiger partial charge in [-0.3, -0.25) is 14.4 Å². The highest BCUT2D eigenvalue weighted by molar-refractivity contribution is 6.31. The zero-order chi connectivity index (χ0) is 52.6. The second-order valence-electron chi connectivity index (χ2n) is 18.4. The summed E-state index contributed by atoms with van der Waals surface area (Å²) in [6.07, 6.45) is 2.06. The van der Waals surface area contributed by atoms with E-state index in [4.69, 9.17) is 33.0 Å². The maximum absolute atomic E-state index is 13.1. The van der Waals surface area contributed by atoms with E-state index >= 15 is 0 Å². The third-order valence-electron chi connectivity index (χ3n) is 13.9. The molecule has 17 heteroatoms. The number of esters is 1. The number of benzene rings is 6. The molecule has 0 saturated carbocycles. The molecule has 6 aromatic carbocycles. The van der Waals surface area contributed by atoms with Gasteiger partial charge in [0.25, 0.3) is 5.91 Å². The smallest absolute Gasteiger partial charge is 0.335 e. The molecule has 74 heavy (non-hydrogen) atoms. The number of carbonyl (C=O) groups excluding carboxylic acids is 2. The number of carboxylic acids is 2. The van der Waals surface area contributed by atoms with Gasteiger partial charge in [-0.25, -0.2) is 14.2 Å². The SMILES string of the molecule is CCn1nnc2c(C)c(C(CC(=O)O)c3ccc4c(c3)CN(C(=O)c3ccc(Cl)cc3)CC4)ccc21.CCn1nnc2c(C)c(C(CC(=O)OC)c3ccc4c(c3)CNCC4)ccc21.O=C(O)c1ccc(Cl)cc1. The Bertz CT molecular complexity index is 3360. The monoisotopic (exact) mass is 1040 g/mol. The largest absolute Gasteiger partial charge is 0.481 e. The number of rotatable bonds is 12. The molecule has 2 atom stereocenters. The fourth-order valence-electron chi connectivity index (χ4n) is 9.88. The predicted octanol–water partition coefficient (Wildman–Crippen LogP) is 10.4. The quantitative estimate of drug-likeness (QED) is 0.0982. The van der Waals surface area contributed by atoms with Crippen LogP contribution in [0.5, 0.6) is 0 Å². The standard InChI is InChI=1S/C28H27ClN4O3.C22H26N4O2.C7H5ClO2/c1-3-33-25-11-10-23(17(2)27(25)30-31-33)24(15-26(34)35)20-5-4-18-12-13-32(16-21(18)14-20)28(36)19-6-8-22(29)9-7-19;1-4-26-20-8-7-18(14(2)22(20)24-25-26)19(12-21(27)28-3)16-6-5-15-9-10-23-13-17(15)11-16;8-6-3-1-5(2-4-6)7(9)10/h4-11,14,24H,3,12-13,15-16H2,1-2H3,(H,34,35);5-8,11,19,23H,4,9-10,12-13H2,1-3H3;1-4H,(H,9,10). The van der Waals surface area contributed by atoms with Gasteiger partial charge in [0, 0.05) is 60.2 Å². The van der Waals surface area contributed by atoms with Crippen molar-refractivity contribution in [1.82, 2.24) is 40.2 Å². The number of aromatic carboxylic acids is 1. The summed E-state index contributed by atoms with van der Waals surface area (Å²) >= 11 is 11.5. The maximum atomic E-state index is 13.1. The molecule has 1 amide bonds. The minimum absolute atomic E-state index is 0.0369. The summed E-state index contributed by atoms with van der Waals surface area (Å²) in [5.41, 5.74) is 15.5. The highest BCUT2D eigenvalue weighted by Crippen LogP contribution is 2.37. The van der Waals surface area contributed by atoms with Crippen LogP contribution in [0.4, 0.5) is 0 Å². The molecule has 2 aliphatic heterocycles. The second-order valence-corrected chi connectivity index (χ2v) is 19.2. The van der Waals surface area contributed by atoms with E-state index in [1.54, 1.807) is 36.4 Å². The van der Waals surface area contributed by atoms with Crippen molar-refractivity contribution in [1.29, 1.82) is 0 Å². The van der Waals surface area contributed by atoms with Gasteiger partial charge in [-0.05, 0) is 163 Å². The topological polar surface area (TPSA) is 195 Å². The molecular weight excluding hydrogens is 980 g/mol. The minimum Gasteiger partial charge on any atom is -0.481 e. The number of methoxy groups -OCH3 is 1. The van der Waals surface area contributed by atoms with Crippen LogP contribution in [0.15, 0.2) is 109 Å². The van der Waals surface area contributed by atoms with Gasteiger partial charge in [0.15, 0.2) is 0 Å². The Morgan fingerprint density at radius 1 is 0.649 bits per heavy atom. The van der Waals surface area contributed by atoms with Gasteiger partial charge in [-0.1, -0.05) is 82.2 Å². The van der Waals surface area contributed by atoms with Crippen molar-refractivity contribution in [2.45, 2.75) is 91.4 Å². The lowest BCUT2D eigenvalue weighted by atomic mass is 9.83. The molecule has 0 saturated heterocycles. The van der Waals surface area contributed by atoms with E-state index < -0.39 is 11.9 Å². The van der Waals surface area contributed by atoms with Gasteiger partial charge in [-0.15, -0.1) is 10.2 Å². The number of hydrogen-bond donors (Lipinski definition) is 3. The molecule has 2 aliphatic rings. The first-order valence-corrected chi connectivity index (χ1v) is 25.3. The lowest BCUT2D eigenvalue weighted by Gasteiger charge is -2.30. The third-order valence-corrected chi connectivity index (χ3v) is 14.4. The number of aryl methyl sites for hydroxylation is 4. The molecule has 10 rings (SSSR count). The summed E-state index contributed by atoms with van der Waals surface area (Å²) in [6.45, 7) is 12.6. The number of nitrogens with one attached hydrogen (secondary N) is 1. The van der Waals surface area contributed by atoms with E-state index in [0.717, 1.165) is 93.5 Å². The van der Waals surface area contributed by atoms with Crippen LogP contribution in [0, 0.1) is 13.8 Å². The average Bonchev–Trinajstić information content (AvgIpc) is 4.05. The highest BCUT2D eigenvalue weighted by Gasteiger charge is 2.27. The van der Waals surface area contributed by atoms with Gasteiger partial charge in [0.2, 0.25) is 0 Å². The van der Waals surface area contributed by atoms with Gasteiger partial charge >= 0.3 is 17.9 Å². The molecule has 4 heterocycles. The summed E-state index contributed by atoms with van der Waals surface area (Å²) < 4.78 is 8.73. The number of carbonyl (C=O) groups is 4. The minimum atomic E-state index is -0.934. The number of halogens is 2. The van der Waals surface area contributed by atoms with Crippen molar-refractivity contribution < 1.29 is 34.1 Å². The lowest BCUT2D eigenvalue weighted by molar-refractivity contribution is -0.141. The van der Waals surface area contributed by atoms with E-state index in [2.05, 4.69) is 82.3 Å². The van der Waals surface area contributed by atoms with E-state index in [1.165, 1.54) is 35.9 Å². The predicted molar refractivity (Wildman–Crippen MR) is 285 cm³/mol. The summed E-state index contributed by atoms with van der Waals surface area (Å²) in [6, 6.07) is 33.9. The number of aliphatic carboxylic acids is 1. The molecule has 0 bridgehead atoms. The zero-order valence-electron chi connectivity index (χ0n) is 41.9. The Balaban J connectivity index is 0.000000169. The summed E-state index contributed by atoms with van der Waals surface area (Å²) in [7, 11) is 1.44. The summed E-state index contributed by atoms with van der Waals surface area (Å²) in [4.78, 5) is 49.3. The van der Waals surface area contributed by atoms with Crippen molar-refractivity contribution in [3.8, 4) is 0 Å². The lowest BCUT2D eigenvalue weighted by Crippen LogP contribution is -2.36. The molecule has 0 fully saturated rings. The van der Waals surface area contributed by atoms with Gasteiger partial charge in [-0.2, -0.15) is 0 Å². The van der Waals surface area contributed by atoms with E-state index in [1.807, 2.05) is 46.3 Å². The Labute approximate surface area is 439 Å². The Kier molecular flexibility index (Phi) is 16.9. The third kappa shape index (κ3) is 11.8. The fourth-order valence-corrected chi connectivity index (χ4v) is 10.1. The van der Waals surface area contributed by atoms with Crippen LogP contribution in [-0.4, -0.2) is 89.1 Å². The normalized spacial score (nSPS) is 13.6. The van der Waals surface area contributed by atoms with Crippen molar-refractivity contribution in [3.05, 3.63) is 186 Å². The van der Waals surface area contributed by atoms with Gasteiger partial charge in [0.05, 0.1) is 36.5 Å². The molecule has 382 valence electrons. The summed E-state index contributed by atoms with van der Waals surface area (Å²) in [5, 5.41) is 40.0. The van der Waals surface area contributed by atoms with E-state index in [9.17, 15) is 24.3 Å². The Hall–Kier alpha value is -7.46. The van der Waals surface area contributed by atoms with Crippen LogP contribution in [0.1, 0.15) is 115 Å². The Morgan fingerprint density at radius 3 is 1.68 bits per heavy atom. The number of amides is 1. The molecule has 2 aromatic heterocycles. The molecule has 3 N–H and O–H groups in total. The first-order chi connectivity index (χ1) is 35.7. The van der Waals surface area contributed by atoms with Crippen LogP contribution >= 0.6 is 23.2 Å². The van der Waals surface area contributed by atoms with Crippen molar-refractivity contribution in [3.63, 3.8) is 0 Å². The first kappa shape index (κ1) is 52.9. The van der Waals surface area contributed by atoms with Crippen molar-refractivity contribution in [2.24, 2.45) is 0 Å². The zero-order valence-corrected chi connectivity index (χ0v) is 43.5. The summed E-state index contributed by atoms with van der Waals surface area (Å²) in [5.74, 6) is -2.46. The number of fused-ring (bicyclic) bond motifs is 4. The number of carboxylic acid groups (broad SMARTS) is 2. The van der Waals surface area contributed by atoms with E-state index in [-0.39, 0.29) is 35.7 Å². The van der Waals surface area contributed by atoms with Gasteiger partial charge < -0.3 is 25.2 Å². The van der Waals surface area contributed by atoms with Crippen molar-refractivity contribution >= 4 is 69.1 Å². The number of nitrogens with zero attached hydrogens (tertiary/aromatic N) is 7. The number of hydrogen-bond acceptors (Lipinski definition) is 10. The van der Waals surface area contributed by atoms with E-state index in [0.29, 0.717) is 41.7 Å². The maximum Gasteiger partial charge on any atom is 0.335 e. The molecule has 2 unspecified atom stereocenters. The molecule has 8 aromatic rings. The molecule has 15 nitrogen and oxygen atoms in total. The number of aromatic nitrogens is 6. The van der Waals surface area contributed by atoms with Crippen LogP contribution in [0.2, 0.25) is 10.0 Å². The molecule has 0 radical (unpaired) electrons. The molecule has 0 spiro atoms. The van der Waals surface area contributed by atoms with Gasteiger partial charge in [0.1, 0.15) is 11.0 Å². The number of ether oxygens (including phenoxy) is 1. The first-order valence-electron chi connectivity index (χ1n) is 24.6. The molecular formula is C57H58Cl2N8O7. The average molecular weight is 1040 g/mol. The van der Waals surface area contributed by atoms with Crippen molar-refractivity contribution in [2.75, 3.05) is 20.2 Å². The van der Waals surface area contributed by atoms with Crippen LogP contribution < -0.4 is 5.32 Å². The van der Waals surface area contributed by atoms with Crippen LogP contribution in [-0.2, 0) is 53.3 Å². The van der Waals surface area contributed by atoms with Crippen LogP contribution in [0.3, 0.4) is 0 Å². The van der Waals surface area contributed by atoms with Crippen LogP contribution in [0.25, 0.3) is 22.1 Å². The second kappa shape index (κ2) is 23.6. The highest BCUT2D eigenvalue weighted by atomic mass is 35.5. The molecule has 0 aliphatic carbocycles. The Morgan fingerprint density at radius 2 is 1.16 bits per heavy atom. The fraction of sp³-hybridized carbons (Fsp3) is 0.298.